The van der Waals surface area contributed by atoms with Crippen LogP contribution in [0, 0.1) is 0 Å². The SMILES string of the molecule is FC(F)c1nc(-c2ccc(Cl)nc2)n(Cc2ncc(Cl)cn2)c1Cl. The van der Waals surface area contributed by atoms with E-state index in [9.17, 15) is 8.78 Å². The molecule has 0 aliphatic heterocycles. The van der Waals surface area contributed by atoms with Gasteiger partial charge in [-0.3, -0.25) is 0 Å². The fourth-order valence-electron chi connectivity index (χ4n) is 2.03. The summed E-state index contributed by atoms with van der Waals surface area (Å²) >= 11 is 17.6. The molecule has 0 amide bonds. The number of imidazole rings is 1. The van der Waals surface area contributed by atoms with E-state index < -0.39 is 12.1 Å². The van der Waals surface area contributed by atoms with Crippen LogP contribution < -0.4 is 0 Å². The molecule has 3 aromatic heterocycles. The average molecular weight is 391 g/mol. The zero-order valence-corrected chi connectivity index (χ0v) is 14.1. The first kappa shape index (κ1) is 17.0. The van der Waals surface area contributed by atoms with Crippen molar-refractivity contribution >= 4 is 34.8 Å². The van der Waals surface area contributed by atoms with Crippen LogP contribution in [0.3, 0.4) is 0 Å². The van der Waals surface area contributed by atoms with E-state index in [4.69, 9.17) is 34.8 Å². The third-order valence-electron chi connectivity index (χ3n) is 3.10. The molecule has 0 spiro atoms. The van der Waals surface area contributed by atoms with E-state index in [1.807, 2.05) is 0 Å². The Labute approximate surface area is 150 Å². The van der Waals surface area contributed by atoms with Crippen LogP contribution in [0.4, 0.5) is 8.78 Å². The molecule has 124 valence electrons. The number of pyridine rings is 1. The monoisotopic (exact) mass is 389 g/mol. The Morgan fingerprint density at radius 3 is 2.29 bits per heavy atom. The maximum absolute atomic E-state index is 13.1. The Kier molecular flexibility index (Phi) is 4.93. The molecule has 3 heterocycles. The van der Waals surface area contributed by atoms with E-state index in [0.717, 1.165) is 0 Å². The molecular weight excluding hydrogens is 383 g/mol. The van der Waals surface area contributed by atoms with Gasteiger partial charge in [0.2, 0.25) is 0 Å². The summed E-state index contributed by atoms with van der Waals surface area (Å²) in [5.74, 6) is 0.570. The van der Waals surface area contributed by atoms with Gasteiger partial charge in [0.25, 0.3) is 6.43 Å². The van der Waals surface area contributed by atoms with Gasteiger partial charge < -0.3 is 4.57 Å². The minimum atomic E-state index is -2.82. The number of hydrogen-bond donors (Lipinski definition) is 0. The topological polar surface area (TPSA) is 56.5 Å². The van der Waals surface area contributed by atoms with Gasteiger partial charge >= 0.3 is 0 Å². The fraction of sp³-hybridized carbons (Fsp3) is 0.143. The van der Waals surface area contributed by atoms with Gasteiger partial charge in [-0.25, -0.2) is 28.7 Å². The summed E-state index contributed by atoms with van der Waals surface area (Å²) in [7, 11) is 0. The van der Waals surface area contributed by atoms with Crippen molar-refractivity contribution in [2.24, 2.45) is 0 Å². The lowest BCUT2D eigenvalue weighted by Gasteiger charge is -2.08. The van der Waals surface area contributed by atoms with Crippen LogP contribution in [0.5, 0.6) is 0 Å². The maximum Gasteiger partial charge on any atom is 0.283 e. The molecule has 10 heteroatoms. The van der Waals surface area contributed by atoms with Gasteiger partial charge in [-0.2, -0.15) is 0 Å². The number of rotatable bonds is 4. The van der Waals surface area contributed by atoms with Crippen molar-refractivity contribution in [1.29, 1.82) is 0 Å². The van der Waals surface area contributed by atoms with E-state index >= 15 is 0 Å². The van der Waals surface area contributed by atoms with Crippen LogP contribution in [-0.4, -0.2) is 24.5 Å². The van der Waals surface area contributed by atoms with Gasteiger partial charge in [-0.05, 0) is 12.1 Å². The molecular formula is C14H8Cl3F2N5. The summed E-state index contributed by atoms with van der Waals surface area (Å²) < 4.78 is 27.7. The second kappa shape index (κ2) is 6.96. The molecule has 0 saturated carbocycles. The molecule has 0 radical (unpaired) electrons. The van der Waals surface area contributed by atoms with E-state index in [1.165, 1.54) is 29.2 Å². The third kappa shape index (κ3) is 3.48. The van der Waals surface area contributed by atoms with Gasteiger partial charge in [0.15, 0.2) is 0 Å². The van der Waals surface area contributed by atoms with Crippen molar-refractivity contribution in [3.8, 4) is 11.4 Å². The smallest absolute Gasteiger partial charge is 0.283 e. The second-order valence-corrected chi connectivity index (χ2v) is 5.87. The standard InChI is InChI=1S/C14H8Cl3F2N5/c15-8-4-21-10(22-5-8)6-24-12(17)11(13(18)19)23-14(24)7-1-2-9(16)20-3-7/h1-5,13H,6H2. The Bertz CT molecular complexity index is 850. The van der Waals surface area contributed by atoms with E-state index in [1.54, 1.807) is 6.07 Å². The first-order valence-electron chi connectivity index (χ1n) is 6.58. The lowest BCUT2D eigenvalue weighted by atomic mass is 10.2. The molecule has 0 aliphatic carbocycles. The number of hydrogen-bond acceptors (Lipinski definition) is 4. The van der Waals surface area contributed by atoms with Crippen molar-refractivity contribution < 1.29 is 8.78 Å². The van der Waals surface area contributed by atoms with Crippen LogP contribution in [0.2, 0.25) is 15.3 Å². The first-order valence-corrected chi connectivity index (χ1v) is 7.71. The van der Waals surface area contributed by atoms with Crippen molar-refractivity contribution in [1.82, 2.24) is 24.5 Å². The first-order chi connectivity index (χ1) is 11.5. The lowest BCUT2D eigenvalue weighted by Crippen LogP contribution is -2.06. The van der Waals surface area contributed by atoms with E-state index in [0.29, 0.717) is 16.4 Å². The number of nitrogens with zero attached hydrogens (tertiary/aromatic N) is 5. The maximum atomic E-state index is 13.1. The van der Waals surface area contributed by atoms with Gasteiger partial charge in [0, 0.05) is 24.2 Å². The summed E-state index contributed by atoms with van der Waals surface area (Å²) in [4.78, 5) is 16.0. The molecule has 0 aromatic carbocycles. The van der Waals surface area contributed by atoms with Crippen molar-refractivity contribution in [3.05, 3.63) is 57.6 Å². The molecule has 3 aromatic rings. The number of alkyl halides is 2. The highest BCUT2D eigenvalue weighted by Crippen LogP contribution is 2.32. The quantitative estimate of drug-likeness (QED) is 0.607. The lowest BCUT2D eigenvalue weighted by molar-refractivity contribution is 0.146. The number of aromatic nitrogens is 5. The zero-order valence-electron chi connectivity index (χ0n) is 11.8. The molecule has 0 N–H and O–H groups in total. The highest BCUT2D eigenvalue weighted by Gasteiger charge is 2.24. The van der Waals surface area contributed by atoms with Gasteiger partial charge in [0.05, 0.1) is 11.6 Å². The highest BCUT2D eigenvalue weighted by atomic mass is 35.5. The van der Waals surface area contributed by atoms with E-state index in [2.05, 4.69) is 19.9 Å². The molecule has 0 bridgehead atoms. The highest BCUT2D eigenvalue weighted by molar-refractivity contribution is 6.30. The molecule has 5 nitrogen and oxygen atoms in total. The third-order valence-corrected chi connectivity index (χ3v) is 3.91. The molecule has 0 fully saturated rings. The van der Waals surface area contributed by atoms with Crippen LogP contribution in [0.25, 0.3) is 11.4 Å². The predicted molar refractivity (Wildman–Crippen MR) is 86.6 cm³/mol. The molecule has 0 saturated heterocycles. The number of halogens is 5. The van der Waals surface area contributed by atoms with Gasteiger partial charge in [-0.1, -0.05) is 34.8 Å². The zero-order chi connectivity index (χ0) is 17.3. The largest absolute Gasteiger partial charge is 0.307 e. The summed E-state index contributed by atoms with van der Waals surface area (Å²) in [6, 6.07) is 3.15. The summed E-state index contributed by atoms with van der Waals surface area (Å²) in [5, 5.41) is 0.456. The normalized spacial score (nSPS) is 11.2. The van der Waals surface area contributed by atoms with Gasteiger partial charge in [0.1, 0.15) is 27.6 Å². The minimum absolute atomic E-state index is 0.0493. The molecule has 0 unspecified atom stereocenters. The summed E-state index contributed by atoms with van der Waals surface area (Å²) in [6.07, 6.45) is 1.43. The minimum Gasteiger partial charge on any atom is -0.307 e. The van der Waals surface area contributed by atoms with Crippen LogP contribution in [0.1, 0.15) is 17.9 Å². The van der Waals surface area contributed by atoms with Crippen molar-refractivity contribution in [3.63, 3.8) is 0 Å². The molecule has 3 rings (SSSR count). The van der Waals surface area contributed by atoms with Crippen molar-refractivity contribution in [2.45, 2.75) is 13.0 Å². The van der Waals surface area contributed by atoms with Gasteiger partial charge in [-0.15, -0.1) is 0 Å². The Morgan fingerprint density at radius 2 is 1.71 bits per heavy atom. The molecule has 0 aliphatic rings. The Balaban J connectivity index is 2.08. The van der Waals surface area contributed by atoms with Crippen LogP contribution in [0.15, 0.2) is 30.7 Å². The molecule has 0 atom stereocenters. The predicted octanol–water partition coefficient (Wildman–Crippen LogP) is 4.68. The average Bonchev–Trinajstić information content (AvgIpc) is 2.88. The van der Waals surface area contributed by atoms with Crippen LogP contribution >= 0.6 is 34.8 Å². The summed E-state index contributed by atoms with van der Waals surface area (Å²) in [6.45, 7) is 0.0493. The fourth-order valence-corrected chi connectivity index (χ4v) is 2.50. The van der Waals surface area contributed by atoms with E-state index in [-0.39, 0.29) is 22.7 Å². The Morgan fingerprint density at radius 1 is 1.00 bits per heavy atom. The van der Waals surface area contributed by atoms with Crippen molar-refractivity contribution in [2.75, 3.05) is 0 Å². The second-order valence-electron chi connectivity index (χ2n) is 4.69. The van der Waals surface area contributed by atoms with Crippen LogP contribution in [-0.2, 0) is 6.54 Å². The Hall–Kier alpha value is -1.83. The summed E-state index contributed by atoms with van der Waals surface area (Å²) in [5.41, 5.74) is -0.0299. The molecule has 24 heavy (non-hydrogen) atoms.